The third kappa shape index (κ3) is 4.01. The van der Waals surface area contributed by atoms with Gasteiger partial charge in [-0.05, 0) is 61.6 Å². The van der Waals surface area contributed by atoms with Crippen LogP contribution in [-0.4, -0.2) is 34.2 Å². The van der Waals surface area contributed by atoms with Gasteiger partial charge in [0.2, 0.25) is 0 Å². The van der Waals surface area contributed by atoms with Gasteiger partial charge in [-0.25, -0.2) is 4.39 Å². The van der Waals surface area contributed by atoms with E-state index in [2.05, 4.69) is 5.32 Å². The van der Waals surface area contributed by atoms with Gasteiger partial charge in [0, 0.05) is 22.6 Å². The molecule has 0 fully saturated rings. The fourth-order valence-electron chi connectivity index (χ4n) is 4.19. The number of carbonyl (C=O) groups is 2. The van der Waals surface area contributed by atoms with Crippen LogP contribution in [0.2, 0.25) is 0 Å². The van der Waals surface area contributed by atoms with Crippen LogP contribution in [0, 0.1) is 12.7 Å². The summed E-state index contributed by atoms with van der Waals surface area (Å²) >= 11 is 0. The number of fused-ring (bicyclic) bond motifs is 3. The van der Waals surface area contributed by atoms with E-state index in [9.17, 15) is 19.1 Å². The van der Waals surface area contributed by atoms with Gasteiger partial charge in [0.1, 0.15) is 18.1 Å². The molecule has 0 spiro atoms. The summed E-state index contributed by atoms with van der Waals surface area (Å²) in [7, 11) is 0. The zero-order valence-corrected chi connectivity index (χ0v) is 16.7. The molecule has 0 aliphatic heterocycles. The number of halogens is 1. The SMILES string of the molecule is Cc1ccccc1OCC(=O)N[C@@H]1CCc2c(c3cc(F)ccc3n2CC(=O)O)C1. The highest BCUT2D eigenvalue weighted by atomic mass is 19.1. The van der Waals surface area contributed by atoms with Crippen LogP contribution < -0.4 is 10.1 Å². The number of carboxylic acid groups (broad SMARTS) is 1. The Kier molecular flexibility index (Phi) is 5.44. The molecule has 2 aromatic carbocycles. The summed E-state index contributed by atoms with van der Waals surface area (Å²) in [6.07, 6.45) is 1.82. The van der Waals surface area contributed by atoms with Crippen LogP contribution >= 0.6 is 0 Å². The van der Waals surface area contributed by atoms with Gasteiger partial charge in [0.25, 0.3) is 5.91 Å². The first kappa shape index (κ1) is 19.9. The zero-order chi connectivity index (χ0) is 21.3. The molecular weight excluding hydrogens is 387 g/mol. The van der Waals surface area contributed by atoms with Crippen LogP contribution in [0.1, 0.15) is 23.2 Å². The number of hydrogen-bond acceptors (Lipinski definition) is 3. The van der Waals surface area contributed by atoms with Crippen molar-refractivity contribution >= 4 is 22.8 Å². The van der Waals surface area contributed by atoms with Gasteiger partial charge < -0.3 is 19.7 Å². The van der Waals surface area contributed by atoms with Crippen molar-refractivity contribution in [1.29, 1.82) is 0 Å². The van der Waals surface area contributed by atoms with Crippen molar-refractivity contribution in [2.45, 2.75) is 38.8 Å². The molecule has 1 atom stereocenters. The molecule has 6 nitrogen and oxygen atoms in total. The Morgan fingerprint density at radius 3 is 2.83 bits per heavy atom. The number of benzene rings is 2. The first-order valence-electron chi connectivity index (χ1n) is 9.91. The van der Waals surface area contributed by atoms with E-state index in [1.165, 1.54) is 12.1 Å². The minimum Gasteiger partial charge on any atom is -0.484 e. The van der Waals surface area contributed by atoms with Crippen LogP contribution in [-0.2, 0) is 29.0 Å². The largest absolute Gasteiger partial charge is 0.484 e. The Hall–Kier alpha value is -3.35. The number of ether oxygens (including phenoxy) is 1. The quantitative estimate of drug-likeness (QED) is 0.654. The second-order valence-electron chi connectivity index (χ2n) is 7.63. The summed E-state index contributed by atoms with van der Waals surface area (Å²) in [5.41, 5.74) is 3.47. The maximum atomic E-state index is 13.9. The smallest absolute Gasteiger partial charge is 0.323 e. The third-order valence-electron chi connectivity index (χ3n) is 5.54. The number of hydrogen-bond donors (Lipinski definition) is 2. The van der Waals surface area contributed by atoms with Crippen LogP contribution in [0.25, 0.3) is 10.9 Å². The van der Waals surface area contributed by atoms with Crippen molar-refractivity contribution in [2.75, 3.05) is 6.61 Å². The number of amides is 1. The van der Waals surface area contributed by atoms with E-state index in [4.69, 9.17) is 4.74 Å². The van der Waals surface area contributed by atoms with E-state index < -0.39 is 5.97 Å². The highest BCUT2D eigenvalue weighted by molar-refractivity contribution is 5.87. The van der Waals surface area contributed by atoms with Crippen molar-refractivity contribution in [2.24, 2.45) is 0 Å². The Bertz CT molecular complexity index is 1120. The molecular formula is C23H23FN2O4. The van der Waals surface area contributed by atoms with E-state index in [1.807, 2.05) is 31.2 Å². The maximum absolute atomic E-state index is 13.9. The number of rotatable bonds is 6. The number of carbonyl (C=O) groups excluding carboxylic acids is 1. The monoisotopic (exact) mass is 410 g/mol. The molecule has 1 amide bonds. The average Bonchev–Trinajstić information content (AvgIpc) is 2.99. The van der Waals surface area contributed by atoms with E-state index >= 15 is 0 Å². The second kappa shape index (κ2) is 8.18. The number of para-hydroxylation sites is 1. The lowest BCUT2D eigenvalue weighted by Crippen LogP contribution is -2.41. The Balaban J connectivity index is 1.50. The Morgan fingerprint density at radius 2 is 2.07 bits per heavy atom. The number of nitrogens with zero attached hydrogens (tertiary/aromatic N) is 1. The maximum Gasteiger partial charge on any atom is 0.323 e. The summed E-state index contributed by atoms with van der Waals surface area (Å²) in [6.45, 7) is 1.67. The first-order chi connectivity index (χ1) is 14.4. The van der Waals surface area contributed by atoms with Crippen LogP contribution in [0.15, 0.2) is 42.5 Å². The summed E-state index contributed by atoms with van der Waals surface area (Å²) in [4.78, 5) is 23.7. The summed E-state index contributed by atoms with van der Waals surface area (Å²) in [5.74, 6) is -0.851. The Labute approximate surface area is 173 Å². The molecule has 1 aromatic heterocycles. The normalized spacial score (nSPS) is 15.6. The molecule has 7 heteroatoms. The molecule has 1 heterocycles. The molecule has 30 heavy (non-hydrogen) atoms. The van der Waals surface area contributed by atoms with Crippen molar-refractivity contribution < 1.29 is 23.8 Å². The van der Waals surface area contributed by atoms with Crippen LogP contribution in [0.3, 0.4) is 0 Å². The minimum atomic E-state index is -0.942. The summed E-state index contributed by atoms with van der Waals surface area (Å²) in [5, 5.41) is 13.0. The lowest BCUT2D eigenvalue weighted by molar-refractivity contribution is -0.137. The lowest BCUT2D eigenvalue weighted by atomic mass is 9.91. The fraction of sp³-hybridized carbons (Fsp3) is 0.304. The van der Waals surface area contributed by atoms with Crippen molar-refractivity contribution in [3.05, 3.63) is 65.1 Å². The topological polar surface area (TPSA) is 80.6 Å². The molecule has 4 rings (SSSR count). The molecule has 0 radical (unpaired) electrons. The number of aryl methyl sites for hydroxylation is 1. The highest BCUT2D eigenvalue weighted by Gasteiger charge is 2.27. The lowest BCUT2D eigenvalue weighted by Gasteiger charge is -2.25. The van der Waals surface area contributed by atoms with Crippen LogP contribution in [0.4, 0.5) is 4.39 Å². The first-order valence-corrected chi connectivity index (χ1v) is 9.91. The Morgan fingerprint density at radius 1 is 1.27 bits per heavy atom. The van der Waals surface area contributed by atoms with Crippen molar-refractivity contribution in [3.63, 3.8) is 0 Å². The zero-order valence-electron chi connectivity index (χ0n) is 16.7. The van der Waals surface area contributed by atoms with Gasteiger partial charge in [0.15, 0.2) is 6.61 Å². The summed E-state index contributed by atoms with van der Waals surface area (Å²) < 4.78 is 21.2. The van der Waals surface area contributed by atoms with E-state index in [-0.39, 0.29) is 30.9 Å². The molecule has 156 valence electrons. The molecule has 0 saturated carbocycles. The van der Waals surface area contributed by atoms with Gasteiger partial charge in [-0.15, -0.1) is 0 Å². The molecule has 2 N–H and O–H groups in total. The molecule has 1 aliphatic carbocycles. The fourth-order valence-corrected chi connectivity index (χ4v) is 4.19. The number of carboxylic acids is 1. The van der Waals surface area contributed by atoms with E-state index in [0.29, 0.717) is 35.9 Å². The van der Waals surface area contributed by atoms with Gasteiger partial charge in [0.05, 0.1) is 0 Å². The number of aromatic nitrogens is 1. The molecule has 0 saturated heterocycles. The third-order valence-corrected chi connectivity index (χ3v) is 5.54. The molecule has 3 aromatic rings. The van der Waals surface area contributed by atoms with Gasteiger partial charge in [-0.1, -0.05) is 18.2 Å². The molecule has 0 unspecified atom stereocenters. The summed E-state index contributed by atoms with van der Waals surface area (Å²) in [6, 6.07) is 11.8. The molecule has 0 bridgehead atoms. The van der Waals surface area contributed by atoms with Crippen molar-refractivity contribution in [1.82, 2.24) is 9.88 Å². The van der Waals surface area contributed by atoms with Gasteiger partial charge in [-0.3, -0.25) is 9.59 Å². The van der Waals surface area contributed by atoms with Gasteiger partial charge in [-0.2, -0.15) is 0 Å². The predicted molar refractivity (Wildman–Crippen MR) is 110 cm³/mol. The minimum absolute atomic E-state index is 0.0797. The van der Waals surface area contributed by atoms with E-state index in [1.54, 1.807) is 10.6 Å². The molecule has 1 aliphatic rings. The standard InChI is InChI=1S/C23H23FN2O4/c1-14-4-2-3-5-21(14)30-13-22(27)25-16-7-9-20-18(11-16)17-10-15(24)6-8-19(17)26(20)12-23(28)29/h2-6,8,10,16H,7,9,11-13H2,1H3,(H,25,27)(H,28,29)/t16-/m1/s1. The van der Waals surface area contributed by atoms with Gasteiger partial charge >= 0.3 is 5.97 Å². The van der Waals surface area contributed by atoms with Crippen molar-refractivity contribution in [3.8, 4) is 5.75 Å². The average molecular weight is 410 g/mol. The van der Waals surface area contributed by atoms with E-state index in [0.717, 1.165) is 16.8 Å². The predicted octanol–water partition coefficient (Wildman–Crippen LogP) is 3.23. The number of nitrogens with one attached hydrogen (secondary N) is 1. The highest BCUT2D eigenvalue weighted by Crippen LogP contribution is 2.33. The van der Waals surface area contributed by atoms with Crippen LogP contribution in [0.5, 0.6) is 5.75 Å². The second-order valence-corrected chi connectivity index (χ2v) is 7.63. The number of aliphatic carboxylic acids is 1.